The molecule has 39 heavy (non-hydrogen) atoms. The Morgan fingerprint density at radius 1 is 0.897 bits per heavy atom. The van der Waals surface area contributed by atoms with Gasteiger partial charge in [-0.15, -0.1) is 0 Å². The Balaban J connectivity index is 0.000000207. The Kier molecular flexibility index (Phi) is 9.80. The van der Waals surface area contributed by atoms with Gasteiger partial charge in [0.15, 0.2) is 0 Å². The zero-order valence-corrected chi connectivity index (χ0v) is 20.6. The van der Waals surface area contributed by atoms with E-state index in [0.717, 1.165) is 71.8 Å². The van der Waals surface area contributed by atoms with Crippen LogP contribution in [0.4, 0.5) is 22.7 Å². The quantitative estimate of drug-likeness (QED) is 0.276. The second kappa shape index (κ2) is 13.2. The van der Waals surface area contributed by atoms with Crippen LogP contribution in [-0.4, -0.2) is 52.1 Å². The number of hydrogen-bond donors (Lipinski definition) is 4. The normalized spacial score (nSPS) is 13.2. The van der Waals surface area contributed by atoms with Gasteiger partial charge in [0.25, 0.3) is 0 Å². The van der Waals surface area contributed by atoms with E-state index >= 15 is 0 Å². The van der Waals surface area contributed by atoms with Gasteiger partial charge in [-0.1, -0.05) is 14.9 Å². The molecule has 1 amide bonds. The number of carbonyl (C=O) groups is 1. The van der Waals surface area contributed by atoms with E-state index in [1.807, 2.05) is 48.8 Å². The number of nitrogens with two attached hydrogens (primary N) is 1. The molecule has 0 radical (unpaired) electrons. The second-order valence-electron chi connectivity index (χ2n) is 8.78. The first-order valence-electron chi connectivity index (χ1n) is 12.1. The van der Waals surface area contributed by atoms with E-state index in [9.17, 15) is 4.79 Å². The maximum atomic E-state index is 11.1. The van der Waals surface area contributed by atoms with Crippen LogP contribution in [0.25, 0.3) is 0 Å². The summed E-state index contributed by atoms with van der Waals surface area (Å²) in [5, 5.41) is 2.79. The lowest BCUT2D eigenvalue weighted by Gasteiger charge is -2.31. The molecule has 0 saturated carbocycles. The van der Waals surface area contributed by atoms with Crippen molar-refractivity contribution in [1.29, 1.82) is 0 Å². The summed E-state index contributed by atoms with van der Waals surface area (Å²) in [6.45, 7) is 6.04. The van der Waals surface area contributed by atoms with Crippen molar-refractivity contribution in [3.8, 4) is 11.5 Å². The SMILES string of the molecule is C.C.CC(=O)Nc1ccc2c(c1)N(Cc1cnc[nH]1)CCO2.Nc1ccc2c(c1)N(Cc1cnc[nH]1)CCO2. The fraction of sp³-hybridized carbons (Fsp3) is 0.321. The number of benzene rings is 2. The van der Waals surface area contributed by atoms with Crippen LogP contribution < -0.4 is 30.3 Å². The lowest BCUT2D eigenvalue weighted by Crippen LogP contribution is -2.32. The third-order valence-corrected chi connectivity index (χ3v) is 6.01. The molecule has 0 aliphatic carbocycles. The average molecular weight is 535 g/mol. The number of anilines is 4. The molecule has 2 aromatic carbocycles. The van der Waals surface area contributed by atoms with Crippen molar-refractivity contribution < 1.29 is 14.3 Å². The smallest absolute Gasteiger partial charge is 0.221 e. The molecular formula is C28H38N8O3. The minimum Gasteiger partial charge on any atom is -0.490 e. The number of rotatable bonds is 5. The maximum absolute atomic E-state index is 11.1. The van der Waals surface area contributed by atoms with E-state index in [4.69, 9.17) is 15.2 Å². The molecule has 0 atom stereocenters. The lowest BCUT2D eigenvalue weighted by molar-refractivity contribution is -0.114. The molecule has 0 bridgehead atoms. The second-order valence-corrected chi connectivity index (χ2v) is 8.78. The number of fused-ring (bicyclic) bond motifs is 2. The van der Waals surface area contributed by atoms with Gasteiger partial charge in [-0.3, -0.25) is 4.79 Å². The summed E-state index contributed by atoms with van der Waals surface area (Å²) in [6, 6.07) is 11.4. The molecule has 0 saturated heterocycles. The summed E-state index contributed by atoms with van der Waals surface area (Å²) < 4.78 is 11.3. The largest absolute Gasteiger partial charge is 0.490 e. The first-order chi connectivity index (χ1) is 18.0. The number of aromatic amines is 2. The van der Waals surface area contributed by atoms with Gasteiger partial charge in [0.05, 0.1) is 61.6 Å². The van der Waals surface area contributed by atoms with Crippen LogP contribution in [0.3, 0.4) is 0 Å². The van der Waals surface area contributed by atoms with Gasteiger partial charge in [0.2, 0.25) is 5.91 Å². The molecule has 5 N–H and O–H groups in total. The fourth-order valence-electron chi connectivity index (χ4n) is 4.33. The minimum absolute atomic E-state index is 0. The molecule has 4 aromatic rings. The summed E-state index contributed by atoms with van der Waals surface area (Å²) in [5.41, 5.74) is 11.5. The Labute approximate surface area is 229 Å². The van der Waals surface area contributed by atoms with Crippen LogP contribution in [0, 0.1) is 0 Å². The highest BCUT2D eigenvalue weighted by Gasteiger charge is 2.20. The predicted molar refractivity (Wildman–Crippen MR) is 155 cm³/mol. The van der Waals surface area contributed by atoms with Gasteiger partial charge in [-0.05, 0) is 36.4 Å². The first-order valence-corrected chi connectivity index (χ1v) is 12.1. The summed E-state index contributed by atoms with van der Waals surface area (Å²) in [6.07, 6.45) is 7.01. The van der Waals surface area contributed by atoms with Gasteiger partial charge in [-0.25, -0.2) is 9.97 Å². The number of amides is 1. The molecular weight excluding hydrogens is 496 g/mol. The van der Waals surface area contributed by atoms with E-state index < -0.39 is 0 Å². The highest BCUT2D eigenvalue weighted by atomic mass is 16.5. The number of ether oxygens (including phenoxy) is 2. The van der Waals surface area contributed by atoms with E-state index in [0.29, 0.717) is 13.2 Å². The molecule has 2 aromatic heterocycles. The standard InChI is InChI=1S/C14H16N4O2.C12H14N4O.2CH4/c1-10(19)17-11-2-3-14-13(6-11)18(4-5-20-14)8-12-7-15-9-16-12;13-9-1-2-12-11(5-9)16(3-4-17-12)7-10-6-14-8-15-10;;/h2-3,6-7,9H,4-5,8H2,1H3,(H,15,16)(H,17,19);1-2,5-6,8H,3-4,7,13H2,(H,14,15);2*1H4. The van der Waals surface area contributed by atoms with Gasteiger partial charge in [0, 0.05) is 30.7 Å². The Morgan fingerprint density at radius 3 is 1.95 bits per heavy atom. The Morgan fingerprint density at radius 2 is 1.44 bits per heavy atom. The number of nitrogens with zero attached hydrogens (tertiary/aromatic N) is 4. The molecule has 0 spiro atoms. The highest BCUT2D eigenvalue weighted by Crippen LogP contribution is 2.35. The minimum atomic E-state index is -0.0817. The third kappa shape index (κ3) is 7.22. The van der Waals surface area contributed by atoms with Gasteiger partial charge >= 0.3 is 0 Å². The Hall–Kier alpha value is -4.67. The van der Waals surface area contributed by atoms with Crippen LogP contribution in [0.1, 0.15) is 33.2 Å². The average Bonchev–Trinajstić information content (AvgIpc) is 3.60. The monoisotopic (exact) mass is 534 g/mol. The summed E-state index contributed by atoms with van der Waals surface area (Å²) in [4.78, 5) is 29.9. The molecule has 6 rings (SSSR count). The van der Waals surface area contributed by atoms with E-state index in [1.165, 1.54) is 6.92 Å². The van der Waals surface area contributed by atoms with Gasteiger partial charge < -0.3 is 40.3 Å². The number of nitrogen functional groups attached to an aromatic ring is 1. The van der Waals surface area contributed by atoms with Crippen LogP contribution in [0.2, 0.25) is 0 Å². The van der Waals surface area contributed by atoms with Crippen molar-refractivity contribution in [3.63, 3.8) is 0 Å². The van der Waals surface area contributed by atoms with Crippen LogP contribution >= 0.6 is 0 Å². The lowest BCUT2D eigenvalue weighted by atomic mass is 10.2. The predicted octanol–water partition coefficient (Wildman–Crippen LogP) is 4.43. The van der Waals surface area contributed by atoms with Crippen molar-refractivity contribution in [2.24, 2.45) is 0 Å². The fourth-order valence-corrected chi connectivity index (χ4v) is 4.33. The molecule has 0 fully saturated rings. The van der Waals surface area contributed by atoms with Gasteiger partial charge in [0.1, 0.15) is 24.7 Å². The van der Waals surface area contributed by atoms with Gasteiger partial charge in [-0.2, -0.15) is 0 Å². The molecule has 0 unspecified atom stereocenters. The van der Waals surface area contributed by atoms with Crippen molar-refractivity contribution >= 4 is 28.7 Å². The number of hydrogen-bond acceptors (Lipinski definition) is 8. The molecule has 11 nitrogen and oxygen atoms in total. The first kappa shape index (κ1) is 28.9. The third-order valence-electron chi connectivity index (χ3n) is 6.01. The van der Waals surface area contributed by atoms with Crippen molar-refractivity contribution in [2.75, 3.05) is 47.2 Å². The molecule has 11 heteroatoms. The summed E-state index contributed by atoms with van der Waals surface area (Å²) in [7, 11) is 0. The topological polar surface area (TPSA) is 137 Å². The number of imidazole rings is 2. The number of aromatic nitrogens is 4. The molecule has 2 aliphatic rings. The highest BCUT2D eigenvalue weighted by molar-refractivity contribution is 5.89. The van der Waals surface area contributed by atoms with Crippen molar-refractivity contribution in [3.05, 3.63) is 72.8 Å². The van der Waals surface area contributed by atoms with E-state index in [-0.39, 0.29) is 20.8 Å². The molecule has 2 aliphatic heterocycles. The maximum Gasteiger partial charge on any atom is 0.221 e. The van der Waals surface area contributed by atoms with Crippen LogP contribution in [0.5, 0.6) is 11.5 Å². The van der Waals surface area contributed by atoms with Crippen molar-refractivity contribution in [1.82, 2.24) is 19.9 Å². The van der Waals surface area contributed by atoms with Crippen molar-refractivity contribution in [2.45, 2.75) is 34.9 Å². The summed E-state index contributed by atoms with van der Waals surface area (Å²) >= 11 is 0. The Bertz CT molecular complexity index is 1320. The van der Waals surface area contributed by atoms with Crippen LogP contribution in [0.15, 0.2) is 61.4 Å². The zero-order valence-electron chi connectivity index (χ0n) is 20.6. The molecule has 4 heterocycles. The zero-order chi connectivity index (χ0) is 25.6. The number of carbonyl (C=O) groups excluding carboxylic acids is 1. The van der Waals surface area contributed by atoms with Crippen LogP contribution in [-0.2, 0) is 17.9 Å². The molecule has 208 valence electrons. The number of H-pyrrole nitrogens is 2. The van der Waals surface area contributed by atoms with E-state index in [2.05, 4.69) is 35.1 Å². The number of nitrogens with one attached hydrogen (secondary N) is 3. The summed E-state index contributed by atoms with van der Waals surface area (Å²) in [5.74, 6) is 1.65. The van der Waals surface area contributed by atoms with E-state index in [1.54, 1.807) is 12.7 Å².